The zero-order chi connectivity index (χ0) is 22.2. The molecule has 0 aromatic heterocycles. The summed E-state index contributed by atoms with van der Waals surface area (Å²) < 4.78 is 12.9. The third kappa shape index (κ3) is 7.02. The number of nitrogens with zero attached hydrogens (tertiary/aromatic N) is 2. The zero-order valence-electron chi connectivity index (χ0n) is 16.7. The van der Waals surface area contributed by atoms with E-state index in [4.69, 9.17) is 11.6 Å². The molecule has 164 valence electrons. The summed E-state index contributed by atoms with van der Waals surface area (Å²) in [5.41, 5.74) is 5.48. The number of para-hydroxylation sites is 1. The molecule has 0 atom stereocenters. The molecule has 31 heavy (non-hydrogen) atoms. The van der Waals surface area contributed by atoms with E-state index in [-0.39, 0.29) is 30.5 Å². The van der Waals surface area contributed by atoms with Crippen LogP contribution in [0.15, 0.2) is 48.5 Å². The molecule has 0 radical (unpaired) electrons. The molecule has 0 bridgehead atoms. The van der Waals surface area contributed by atoms with Gasteiger partial charge in [0.25, 0.3) is 11.8 Å². The third-order valence-corrected chi connectivity index (χ3v) is 5.10. The molecule has 2 aromatic carbocycles. The molecule has 1 heterocycles. The number of hydrogen-bond acceptors (Lipinski definition) is 5. The molecule has 1 aliphatic heterocycles. The minimum Gasteiger partial charge on any atom is -0.324 e. The Morgan fingerprint density at radius 1 is 0.839 bits per heavy atom. The average molecular weight is 448 g/mol. The van der Waals surface area contributed by atoms with Gasteiger partial charge in [-0.1, -0.05) is 23.7 Å². The first-order chi connectivity index (χ1) is 14.9. The van der Waals surface area contributed by atoms with E-state index in [2.05, 4.69) is 16.2 Å². The molecular formula is C21H23ClFN5O3. The Kier molecular flexibility index (Phi) is 7.94. The lowest BCUT2D eigenvalue weighted by molar-refractivity contribution is -0.124. The third-order valence-electron chi connectivity index (χ3n) is 4.77. The van der Waals surface area contributed by atoms with Gasteiger partial charge in [0.15, 0.2) is 0 Å². The van der Waals surface area contributed by atoms with Crippen LogP contribution in [0.5, 0.6) is 0 Å². The normalized spacial score (nSPS) is 14.6. The Hall–Kier alpha value is -3.01. The number of hydrazine groups is 1. The van der Waals surface area contributed by atoms with E-state index in [1.807, 2.05) is 9.80 Å². The molecule has 3 rings (SSSR count). The molecule has 1 saturated heterocycles. The van der Waals surface area contributed by atoms with Crippen LogP contribution in [0.3, 0.4) is 0 Å². The van der Waals surface area contributed by atoms with Crippen LogP contribution in [0.25, 0.3) is 0 Å². The highest BCUT2D eigenvalue weighted by molar-refractivity contribution is 6.33. The molecule has 0 saturated carbocycles. The summed E-state index contributed by atoms with van der Waals surface area (Å²) in [6.07, 6.45) is 0. The van der Waals surface area contributed by atoms with Crippen molar-refractivity contribution in [3.8, 4) is 0 Å². The average Bonchev–Trinajstić information content (AvgIpc) is 2.75. The van der Waals surface area contributed by atoms with Gasteiger partial charge < -0.3 is 5.32 Å². The Bertz CT molecular complexity index is 933. The van der Waals surface area contributed by atoms with Gasteiger partial charge in [0.2, 0.25) is 5.91 Å². The molecule has 1 aliphatic rings. The van der Waals surface area contributed by atoms with Gasteiger partial charge in [-0.2, -0.15) is 0 Å². The molecule has 3 amide bonds. The van der Waals surface area contributed by atoms with Gasteiger partial charge >= 0.3 is 0 Å². The van der Waals surface area contributed by atoms with Crippen molar-refractivity contribution in [3.05, 3.63) is 64.9 Å². The van der Waals surface area contributed by atoms with E-state index < -0.39 is 11.7 Å². The van der Waals surface area contributed by atoms with Crippen molar-refractivity contribution >= 4 is 35.0 Å². The molecule has 0 aliphatic carbocycles. The van der Waals surface area contributed by atoms with E-state index in [1.165, 1.54) is 24.3 Å². The van der Waals surface area contributed by atoms with Crippen LogP contribution in [-0.2, 0) is 9.59 Å². The lowest BCUT2D eigenvalue weighted by atomic mass is 10.2. The quantitative estimate of drug-likeness (QED) is 0.583. The first-order valence-corrected chi connectivity index (χ1v) is 10.1. The Labute approximate surface area is 184 Å². The SMILES string of the molecule is O=C(CN1CCN(CC(=O)Nc2ccccc2Cl)CC1)NNC(=O)c1ccc(F)cc1. The maximum absolute atomic E-state index is 12.9. The number of hydrogen-bond donors (Lipinski definition) is 3. The Morgan fingerprint density at radius 2 is 1.42 bits per heavy atom. The first-order valence-electron chi connectivity index (χ1n) is 9.74. The van der Waals surface area contributed by atoms with Crippen molar-refractivity contribution in [3.63, 3.8) is 0 Å². The summed E-state index contributed by atoms with van der Waals surface area (Å²) >= 11 is 6.05. The molecular weight excluding hydrogens is 425 g/mol. The largest absolute Gasteiger partial charge is 0.324 e. The summed E-state index contributed by atoms with van der Waals surface area (Å²) in [4.78, 5) is 40.2. The van der Waals surface area contributed by atoms with Gasteiger partial charge in [0.05, 0.1) is 23.8 Å². The first kappa shape index (κ1) is 22.7. The van der Waals surface area contributed by atoms with E-state index in [1.54, 1.807) is 24.3 Å². The summed E-state index contributed by atoms with van der Waals surface area (Å²) in [5, 5.41) is 3.28. The predicted octanol–water partition coefficient (Wildman–Crippen LogP) is 1.50. The summed E-state index contributed by atoms with van der Waals surface area (Å²) in [7, 11) is 0. The second kappa shape index (κ2) is 10.9. The van der Waals surface area contributed by atoms with Crippen LogP contribution in [0.1, 0.15) is 10.4 Å². The van der Waals surface area contributed by atoms with Gasteiger partial charge in [-0.05, 0) is 36.4 Å². The fraction of sp³-hybridized carbons (Fsp3) is 0.286. The number of anilines is 1. The zero-order valence-corrected chi connectivity index (χ0v) is 17.5. The minimum absolute atomic E-state index is 0.114. The Morgan fingerprint density at radius 3 is 2.03 bits per heavy atom. The second-order valence-corrected chi connectivity index (χ2v) is 7.50. The fourth-order valence-corrected chi connectivity index (χ4v) is 3.29. The number of carbonyl (C=O) groups is 3. The molecule has 1 fully saturated rings. The van der Waals surface area contributed by atoms with Crippen molar-refractivity contribution in [2.75, 3.05) is 44.6 Å². The van der Waals surface area contributed by atoms with Crippen LogP contribution in [0.2, 0.25) is 5.02 Å². The van der Waals surface area contributed by atoms with Gasteiger partial charge in [-0.15, -0.1) is 0 Å². The van der Waals surface area contributed by atoms with Crippen LogP contribution in [-0.4, -0.2) is 66.8 Å². The van der Waals surface area contributed by atoms with Crippen molar-refractivity contribution in [1.82, 2.24) is 20.7 Å². The standard InChI is InChI=1S/C21H23ClFN5O3/c22-17-3-1-2-4-18(17)24-19(29)13-27-9-11-28(12-10-27)14-20(30)25-26-21(31)15-5-7-16(23)8-6-15/h1-8H,9-14H2,(H,24,29)(H,25,30)(H,26,31). The number of carbonyl (C=O) groups excluding carboxylic acids is 3. The molecule has 10 heteroatoms. The summed E-state index contributed by atoms with van der Waals surface area (Å²) in [5.74, 6) is -1.48. The smallest absolute Gasteiger partial charge is 0.269 e. The van der Waals surface area contributed by atoms with Gasteiger partial charge in [0, 0.05) is 31.7 Å². The van der Waals surface area contributed by atoms with Crippen LogP contribution < -0.4 is 16.2 Å². The molecule has 3 N–H and O–H groups in total. The number of piperazine rings is 1. The predicted molar refractivity (Wildman–Crippen MR) is 115 cm³/mol. The minimum atomic E-state index is -0.525. The van der Waals surface area contributed by atoms with E-state index in [9.17, 15) is 18.8 Å². The van der Waals surface area contributed by atoms with Gasteiger partial charge in [0.1, 0.15) is 5.82 Å². The number of nitrogens with one attached hydrogen (secondary N) is 3. The number of benzene rings is 2. The van der Waals surface area contributed by atoms with Crippen LogP contribution in [0, 0.1) is 5.82 Å². The number of rotatable bonds is 6. The fourth-order valence-electron chi connectivity index (χ4n) is 3.10. The topological polar surface area (TPSA) is 93.8 Å². The Balaban J connectivity index is 1.35. The lowest BCUT2D eigenvalue weighted by Crippen LogP contribution is -2.52. The highest BCUT2D eigenvalue weighted by atomic mass is 35.5. The lowest BCUT2D eigenvalue weighted by Gasteiger charge is -2.33. The maximum atomic E-state index is 12.9. The summed E-state index contributed by atoms with van der Waals surface area (Å²) in [6.45, 7) is 2.83. The van der Waals surface area contributed by atoms with E-state index >= 15 is 0 Å². The van der Waals surface area contributed by atoms with E-state index in [0.717, 1.165) is 0 Å². The maximum Gasteiger partial charge on any atom is 0.269 e. The highest BCUT2D eigenvalue weighted by Crippen LogP contribution is 2.20. The molecule has 2 aromatic rings. The van der Waals surface area contributed by atoms with Crippen LogP contribution >= 0.6 is 11.6 Å². The second-order valence-electron chi connectivity index (χ2n) is 7.09. The van der Waals surface area contributed by atoms with E-state index in [0.29, 0.717) is 36.9 Å². The van der Waals surface area contributed by atoms with Crippen molar-refractivity contribution < 1.29 is 18.8 Å². The van der Waals surface area contributed by atoms with Crippen molar-refractivity contribution in [2.24, 2.45) is 0 Å². The summed E-state index contributed by atoms with van der Waals surface area (Å²) in [6, 6.07) is 12.1. The molecule has 0 unspecified atom stereocenters. The monoisotopic (exact) mass is 447 g/mol. The van der Waals surface area contributed by atoms with Gasteiger partial charge in [-0.25, -0.2) is 4.39 Å². The van der Waals surface area contributed by atoms with Crippen LogP contribution in [0.4, 0.5) is 10.1 Å². The van der Waals surface area contributed by atoms with Crippen molar-refractivity contribution in [1.29, 1.82) is 0 Å². The van der Waals surface area contributed by atoms with Crippen molar-refractivity contribution in [2.45, 2.75) is 0 Å². The van der Waals surface area contributed by atoms with Gasteiger partial charge in [-0.3, -0.25) is 35.0 Å². The highest BCUT2D eigenvalue weighted by Gasteiger charge is 2.21. The number of halogens is 2. The molecule has 8 nitrogen and oxygen atoms in total. The molecule has 0 spiro atoms. The number of amides is 3.